The van der Waals surface area contributed by atoms with Crippen LogP contribution in [0.15, 0.2) is 60.7 Å². The second kappa shape index (κ2) is 12.1. The number of anilines is 1. The Morgan fingerprint density at radius 3 is 2.29 bits per heavy atom. The minimum absolute atomic E-state index is 0.103. The highest BCUT2D eigenvalue weighted by Gasteiger charge is 2.27. The lowest BCUT2D eigenvalue weighted by Crippen LogP contribution is -2.13. The molecule has 6 nitrogen and oxygen atoms in total. The van der Waals surface area contributed by atoms with Crippen LogP contribution < -0.4 is 5.32 Å². The standard InChI is InChI=1S/C28H29NO5S/c1-5-33-27(31)24-19(4)25(28(32)34-17-21-9-7-6-8-10-21)35-26(24)29-23(30)16-13-20-11-14-22(15-12-20)18(2)3/h6-16,18H,5,17H2,1-4H3,(H,29,30)/b16-13+. The van der Waals surface area contributed by atoms with Crippen molar-refractivity contribution in [1.29, 1.82) is 0 Å². The van der Waals surface area contributed by atoms with Gasteiger partial charge >= 0.3 is 11.9 Å². The molecule has 3 rings (SSSR count). The Hall–Kier alpha value is -3.71. The molecule has 0 fully saturated rings. The van der Waals surface area contributed by atoms with Crippen LogP contribution in [0.2, 0.25) is 0 Å². The van der Waals surface area contributed by atoms with Crippen molar-refractivity contribution in [2.24, 2.45) is 0 Å². The molecule has 7 heteroatoms. The van der Waals surface area contributed by atoms with E-state index in [0.29, 0.717) is 11.5 Å². The van der Waals surface area contributed by atoms with Crippen molar-refractivity contribution in [3.63, 3.8) is 0 Å². The molecule has 0 atom stereocenters. The Morgan fingerprint density at radius 1 is 0.971 bits per heavy atom. The summed E-state index contributed by atoms with van der Waals surface area (Å²) in [4.78, 5) is 38.3. The maximum absolute atomic E-state index is 12.8. The molecule has 0 bridgehead atoms. The minimum atomic E-state index is -0.605. The summed E-state index contributed by atoms with van der Waals surface area (Å²) >= 11 is 0.997. The second-order valence-electron chi connectivity index (χ2n) is 8.19. The van der Waals surface area contributed by atoms with Crippen molar-refractivity contribution in [3.05, 3.63) is 93.4 Å². The fraction of sp³-hybridized carbons (Fsp3) is 0.250. The molecule has 1 heterocycles. The van der Waals surface area contributed by atoms with Gasteiger partial charge in [-0.2, -0.15) is 0 Å². The van der Waals surface area contributed by atoms with E-state index >= 15 is 0 Å². The van der Waals surface area contributed by atoms with E-state index in [4.69, 9.17) is 9.47 Å². The molecular weight excluding hydrogens is 462 g/mol. The van der Waals surface area contributed by atoms with Crippen LogP contribution >= 0.6 is 11.3 Å². The number of amides is 1. The second-order valence-corrected chi connectivity index (χ2v) is 9.21. The van der Waals surface area contributed by atoms with Gasteiger partial charge in [0.05, 0.1) is 12.2 Å². The maximum atomic E-state index is 12.8. The summed E-state index contributed by atoms with van der Waals surface area (Å²) in [5.74, 6) is -1.17. The number of carbonyl (C=O) groups excluding carboxylic acids is 3. The summed E-state index contributed by atoms with van der Waals surface area (Å²) in [6, 6.07) is 17.2. The van der Waals surface area contributed by atoms with Gasteiger partial charge < -0.3 is 14.8 Å². The van der Waals surface area contributed by atoms with Gasteiger partial charge in [0, 0.05) is 6.08 Å². The van der Waals surface area contributed by atoms with E-state index in [2.05, 4.69) is 19.2 Å². The largest absolute Gasteiger partial charge is 0.462 e. The van der Waals surface area contributed by atoms with Crippen LogP contribution in [0.3, 0.4) is 0 Å². The molecule has 35 heavy (non-hydrogen) atoms. The molecule has 1 N–H and O–H groups in total. The molecule has 0 saturated heterocycles. The topological polar surface area (TPSA) is 81.7 Å². The first kappa shape index (κ1) is 25.9. The lowest BCUT2D eigenvalue weighted by atomic mass is 10.0. The average molecular weight is 492 g/mol. The number of ether oxygens (including phenoxy) is 2. The summed E-state index contributed by atoms with van der Waals surface area (Å²) in [5, 5.41) is 2.97. The molecule has 0 aliphatic heterocycles. The summed E-state index contributed by atoms with van der Waals surface area (Å²) in [6.45, 7) is 7.85. The number of carbonyl (C=O) groups is 3. The van der Waals surface area contributed by atoms with Crippen LogP contribution in [0.4, 0.5) is 5.00 Å². The van der Waals surface area contributed by atoms with E-state index in [9.17, 15) is 14.4 Å². The fourth-order valence-corrected chi connectivity index (χ4v) is 4.44. The van der Waals surface area contributed by atoms with Crippen LogP contribution in [0.1, 0.15) is 69.0 Å². The fourth-order valence-electron chi connectivity index (χ4n) is 3.35. The number of hydrogen-bond acceptors (Lipinski definition) is 6. The van der Waals surface area contributed by atoms with Gasteiger partial charge in [-0.1, -0.05) is 68.4 Å². The van der Waals surface area contributed by atoms with Crippen molar-refractivity contribution in [3.8, 4) is 0 Å². The van der Waals surface area contributed by atoms with Crippen LogP contribution in [0.5, 0.6) is 0 Å². The van der Waals surface area contributed by atoms with E-state index in [1.807, 2.05) is 54.6 Å². The predicted molar refractivity (Wildman–Crippen MR) is 139 cm³/mol. The van der Waals surface area contributed by atoms with Gasteiger partial charge in [0.25, 0.3) is 0 Å². The lowest BCUT2D eigenvalue weighted by molar-refractivity contribution is -0.111. The van der Waals surface area contributed by atoms with Gasteiger partial charge in [0.15, 0.2) is 0 Å². The zero-order valence-electron chi connectivity index (χ0n) is 20.3. The Bertz CT molecular complexity index is 1210. The molecule has 2 aromatic carbocycles. The highest BCUT2D eigenvalue weighted by Crippen LogP contribution is 2.34. The molecule has 1 amide bonds. The summed E-state index contributed by atoms with van der Waals surface area (Å²) in [6.07, 6.45) is 3.08. The Morgan fingerprint density at radius 2 is 1.66 bits per heavy atom. The van der Waals surface area contributed by atoms with E-state index in [1.165, 1.54) is 11.6 Å². The normalized spacial score (nSPS) is 11.0. The van der Waals surface area contributed by atoms with Gasteiger partial charge in [-0.05, 0) is 48.1 Å². The molecule has 0 aliphatic rings. The molecule has 3 aromatic rings. The van der Waals surface area contributed by atoms with Crippen LogP contribution in [0.25, 0.3) is 6.08 Å². The molecule has 0 unspecified atom stereocenters. The summed E-state index contributed by atoms with van der Waals surface area (Å²) in [5.41, 5.74) is 3.51. The highest BCUT2D eigenvalue weighted by atomic mass is 32.1. The van der Waals surface area contributed by atoms with E-state index in [0.717, 1.165) is 22.5 Å². The van der Waals surface area contributed by atoms with Crippen LogP contribution in [-0.4, -0.2) is 24.5 Å². The summed E-state index contributed by atoms with van der Waals surface area (Å²) in [7, 11) is 0. The highest BCUT2D eigenvalue weighted by molar-refractivity contribution is 7.18. The quantitative estimate of drug-likeness (QED) is 0.278. The Labute approximate surface area is 209 Å². The molecule has 0 saturated carbocycles. The average Bonchev–Trinajstić information content (AvgIpc) is 3.17. The molecule has 0 spiro atoms. The van der Waals surface area contributed by atoms with Crippen LogP contribution in [-0.2, 0) is 20.9 Å². The number of nitrogens with one attached hydrogen (secondary N) is 1. The van der Waals surface area contributed by atoms with Crippen molar-refractivity contribution >= 4 is 40.3 Å². The number of hydrogen-bond donors (Lipinski definition) is 1. The van der Waals surface area contributed by atoms with Gasteiger partial charge in [0.1, 0.15) is 16.5 Å². The monoisotopic (exact) mass is 491 g/mol. The van der Waals surface area contributed by atoms with Crippen molar-refractivity contribution in [1.82, 2.24) is 0 Å². The van der Waals surface area contributed by atoms with Crippen molar-refractivity contribution in [2.45, 2.75) is 40.2 Å². The minimum Gasteiger partial charge on any atom is -0.462 e. The predicted octanol–water partition coefficient (Wildman–Crippen LogP) is 6.37. The Balaban J connectivity index is 1.78. The molecule has 1 aromatic heterocycles. The number of esters is 2. The number of thiophene rings is 1. The zero-order chi connectivity index (χ0) is 25.4. The lowest BCUT2D eigenvalue weighted by Gasteiger charge is -2.06. The smallest absolute Gasteiger partial charge is 0.349 e. The first-order valence-electron chi connectivity index (χ1n) is 11.4. The molecule has 0 aliphatic carbocycles. The third-order valence-corrected chi connectivity index (χ3v) is 6.48. The van der Waals surface area contributed by atoms with E-state index in [-0.39, 0.29) is 28.7 Å². The van der Waals surface area contributed by atoms with E-state index < -0.39 is 17.8 Å². The van der Waals surface area contributed by atoms with Crippen molar-refractivity contribution in [2.75, 3.05) is 11.9 Å². The first-order valence-corrected chi connectivity index (χ1v) is 12.2. The molecule has 0 radical (unpaired) electrons. The SMILES string of the molecule is CCOC(=O)c1c(NC(=O)/C=C/c2ccc(C(C)C)cc2)sc(C(=O)OCc2ccccc2)c1C. The van der Waals surface area contributed by atoms with Gasteiger partial charge in [-0.3, -0.25) is 4.79 Å². The molecular formula is C28H29NO5S. The van der Waals surface area contributed by atoms with Gasteiger partial charge in [-0.25, -0.2) is 9.59 Å². The molecule has 182 valence electrons. The third-order valence-electron chi connectivity index (χ3n) is 5.29. The van der Waals surface area contributed by atoms with Gasteiger partial charge in [0.2, 0.25) is 5.91 Å². The van der Waals surface area contributed by atoms with E-state index in [1.54, 1.807) is 19.9 Å². The summed E-state index contributed by atoms with van der Waals surface area (Å²) < 4.78 is 10.6. The maximum Gasteiger partial charge on any atom is 0.349 e. The third kappa shape index (κ3) is 6.90. The first-order chi connectivity index (χ1) is 16.8. The zero-order valence-corrected chi connectivity index (χ0v) is 21.1. The van der Waals surface area contributed by atoms with Crippen molar-refractivity contribution < 1.29 is 23.9 Å². The van der Waals surface area contributed by atoms with Crippen LogP contribution in [0, 0.1) is 6.92 Å². The van der Waals surface area contributed by atoms with Gasteiger partial charge in [-0.15, -0.1) is 11.3 Å². The number of rotatable bonds is 9. The Kier molecular flexibility index (Phi) is 8.98. The number of benzene rings is 2.